The molecule has 0 aliphatic rings. The molecule has 0 spiro atoms. The van der Waals surface area contributed by atoms with Crippen LogP contribution in [0.3, 0.4) is 0 Å². The van der Waals surface area contributed by atoms with E-state index in [2.05, 4.69) is 13.8 Å². The molecule has 0 heterocycles. The van der Waals surface area contributed by atoms with E-state index in [1.165, 1.54) is 0 Å². The molecule has 17 heavy (non-hydrogen) atoms. The van der Waals surface area contributed by atoms with E-state index in [1.54, 1.807) is 6.07 Å². The van der Waals surface area contributed by atoms with Gasteiger partial charge < -0.3 is 5.11 Å². The molecule has 0 atom stereocenters. The summed E-state index contributed by atoms with van der Waals surface area (Å²) in [6.07, 6.45) is 0. The summed E-state index contributed by atoms with van der Waals surface area (Å²) in [5.74, 6) is -1.73. The molecule has 0 aliphatic carbocycles. The first-order valence-electron chi connectivity index (χ1n) is 5.76. The number of ketones is 1. The summed E-state index contributed by atoms with van der Waals surface area (Å²) in [5, 5.41) is 8.77. The summed E-state index contributed by atoms with van der Waals surface area (Å²) in [5.41, 5.74) is 2.23. The molecule has 0 saturated carbocycles. The van der Waals surface area contributed by atoms with Crippen LogP contribution >= 0.6 is 0 Å². The second-order valence-corrected chi connectivity index (χ2v) is 4.79. The number of Topliss-reactive ketones (excluding diaryl/α,β-unsaturated/α-hetero) is 1. The van der Waals surface area contributed by atoms with Crippen LogP contribution in [-0.2, 0) is 4.79 Å². The highest BCUT2D eigenvalue weighted by Crippen LogP contribution is 2.25. The van der Waals surface area contributed by atoms with Crippen LogP contribution in [0.15, 0.2) is 18.2 Å². The van der Waals surface area contributed by atoms with E-state index in [0.717, 1.165) is 11.1 Å². The van der Waals surface area contributed by atoms with Gasteiger partial charge in [-0.25, -0.2) is 4.79 Å². The van der Waals surface area contributed by atoms with E-state index in [-0.39, 0.29) is 5.92 Å². The lowest BCUT2D eigenvalue weighted by molar-refractivity contribution is -0.131. The van der Waals surface area contributed by atoms with Gasteiger partial charge in [-0.3, -0.25) is 4.79 Å². The van der Waals surface area contributed by atoms with E-state index < -0.39 is 11.8 Å². The number of carboxylic acids is 1. The maximum Gasteiger partial charge on any atom is 0.377 e. The molecule has 0 saturated heterocycles. The van der Waals surface area contributed by atoms with Crippen molar-refractivity contribution in [3.63, 3.8) is 0 Å². The Balaban J connectivity index is 3.32. The second kappa shape index (κ2) is 5.13. The first kappa shape index (κ1) is 13.4. The van der Waals surface area contributed by atoms with E-state index in [1.807, 2.05) is 26.0 Å². The third kappa shape index (κ3) is 2.93. The van der Waals surface area contributed by atoms with Crippen LogP contribution in [0.25, 0.3) is 0 Å². The number of carbonyl (C=O) groups excluding carboxylic acids is 1. The zero-order valence-electron chi connectivity index (χ0n) is 10.7. The number of hydrogen-bond donors (Lipinski definition) is 1. The Morgan fingerprint density at radius 3 is 2.06 bits per heavy atom. The summed E-state index contributed by atoms with van der Waals surface area (Å²) < 4.78 is 0. The van der Waals surface area contributed by atoms with Gasteiger partial charge in [0.2, 0.25) is 0 Å². The molecule has 1 rings (SSSR count). The summed E-state index contributed by atoms with van der Waals surface area (Å²) in [4.78, 5) is 22.3. The van der Waals surface area contributed by atoms with E-state index >= 15 is 0 Å². The van der Waals surface area contributed by atoms with Crippen molar-refractivity contribution in [2.24, 2.45) is 0 Å². The minimum atomic E-state index is -1.40. The number of aliphatic carboxylic acids is 1. The molecule has 0 unspecified atom stereocenters. The van der Waals surface area contributed by atoms with Crippen LogP contribution in [0.2, 0.25) is 0 Å². The Kier molecular flexibility index (Phi) is 4.05. The molecular formula is C14H18O3. The van der Waals surface area contributed by atoms with Crippen LogP contribution in [0, 0.1) is 0 Å². The van der Waals surface area contributed by atoms with Crippen LogP contribution < -0.4 is 0 Å². The fraction of sp³-hybridized carbons (Fsp3) is 0.429. The van der Waals surface area contributed by atoms with Crippen molar-refractivity contribution < 1.29 is 14.7 Å². The maximum absolute atomic E-state index is 11.6. The molecule has 0 bridgehead atoms. The topological polar surface area (TPSA) is 54.4 Å². The van der Waals surface area contributed by atoms with E-state index in [0.29, 0.717) is 11.5 Å². The summed E-state index contributed by atoms with van der Waals surface area (Å²) in [6, 6.07) is 5.39. The fourth-order valence-electron chi connectivity index (χ4n) is 1.74. The van der Waals surface area contributed by atoms with Gasteiger partial charge in [0.1, 0.15) is 0 Å². The average molecular weight is 234 g/mol. The Bertz CT molecular complexity index is 445. The van der Waals surface area contributed by atoms with Crippen LogP contribution in [0.4, 0.5) is 0 Å². The van der Waals surface area contributed by atoms with Crippen LogP contribution in [0.1, 0.15) is 61.0 Å². The van der Waals surface area contributed by atoms with Gasteiger partial charge in [0.15, 0.2) is 0 Å². The molecule has 0 aliphatic heterocycles. The van der Waals surface area contributed by atoms with Crippen molar-refractivity contribution in [2.45, 2.75) is 39.5 Å². The Labute approximate surface area is 101 Å². The normalized spacial score (nSPS) is 10.9. The molecule has 3 heteroatoms. The second-order valence-electron chi connectivity index (χ2n) is 4.79. The third-order valence-corrected chi connectivity index (χ3v) is 2.80. The molecule has 1 N–H and O–H groups in total. The van der Waals surface area contributed by atoms with Gasteiger partial charge in [-0.05, 0) is 23.0 Å². The Morgan fingerprint density at radius 1 is 1.06 bits per heavy atom. The van der Waals surface area contributed by atoms with Crippen molar-refractivity contribution in [2.75, 3.05) is 0 Å². The summed E-state index contributed by atoms with van der Waals surface area (Å²) in [7, 11) is 0. The maximum atomic E-state index is 11.6. The first-order valence-corrected chi connectivity index (χ1v) is 5.76. The van der Waals surface area contributed by atoms with Gasteiger partial charge in [-0.1, -0.05) is 45.9 Å². The molecule has 0 radical (unpaired) electrons. The highest BCUT2D eigenvalue weighted by Gasteiger charge is 2.20. The number of carboxylic acid groups (broad SMARTS) is 1. The monoisotopic (exact) mass is 234 g/mol. The van der Waals surface area contributed by atoms with Crippen molar-refractivity contribution in [3.8, 4) is 0 Å². The van der Waals surface area contributed by atoms with Crippen molar-refractivity contribution >= 4 is 11.8 Å². The Hall–Kier alpha value is -1.64. The zero-order valence-corrected chi connectivity index (χ0v) is 10.7. The SMILES string of the molecule is CC(C)c1ccc(C(=O)C(=O)O)c(C(C)C)c1. The van der Waals surface area contributed by atoms with Crippen LogP contribution in [0.5, 0.6) is 0 Å². The minimum absolute atomic E-state index is 0.131. The van der Waals surface area contributed by atoms with E-state index in [9.17, 15) is 9.59 Å². The lowest BCUT2D eigenvalue weighted by atomic mass is 9.90. The molecule has 3 nitrogen and oxygen atoms in total. The standard InChI is InChI=1S/C14H18O3/c1-8(2)10-5-6-11(13(15)14(16)17)12(7-10)9(3)4/h5-9H,1-4H3,(H,16,17). The number of hydrogen-bond acceptors (Lipinski definition) is 2. The van der Waals surface area contributed by atoms with Gasteiger partial charge in [-0.2, -0.15) is 0 Å². The average Bonchev–Trinajstić information content (AvgIpc) is 2.26. The number of carbonyl (C=O) groups is 2. The lowest BCUT2D eigenvalue weighted by Crippen LogP contribution is -2.15. The smallest absolute Gasteiger partial charge is 0.377 e. The highest BCUT2D eigenvalue weighted by atomic mass is 16.4. The first-order chi connectivity index (χ1) is 7.84. The van der Waals surface area contributed by atoms with Crippen molar-refractivity contribution in [3.05, 3.63) is 34.9 Å². The molecule has 0 fully saturated rings. The largest absolute Gasteiger partial charge is 0.475 e. The van der Waals surface area contributed by atoms with Crippen molar-refractivity contribution in [1.29, 1.82) is 0 Å². The van der Waals surface area contributed by atoms with Gasteiger partial charge in [-0.15, -0.1) is 0 Å². The lowest BCUT2D eigenvalue weighted by Gasteiger charge is -2.14. The molecule has 0 aromatic heterocycles. The molecular weight excluding hydrogens is 216 g/mol. The van der Waals surface area contributed by atoms with Crippen LogP contribution in [-0.4, -0.2) is 16.9 Å². The summed E-state index contributed by atoms with van der Waals surface area (Å²) >= 11 is 0. The fourth-order valence-corrected chi connectivity index (χ4v) is 1.74. The van der Waals surface area contributed by atoms with Gasteiger partial charge in [0.25, 0.3) is 5.78 Å². The highest BCUT2D eigenvalue weighted by molar-refractivity contribution is 6.40. The van der Waals surface area contributed by atoms with Gasteiger partial charge >= 0.3 is 5.97 Å². The number of rotatable bonds is 4. The Morgan fingerprint density at radius 2 is 1.65 bits per heavy atom. The van der Waals surface area contributed by atoms with E-state index in [4.69, 9.17) is 5.11 Å². The predicted octanol–water partition coefficient (Wildman–Crippen LogP) is 3.20. The zero-order chi connectivity index (χ0) is 13.2. The predicted molar refractivity (Wildman–Crippen MR) is 66.6 cm³/mol. The quantitative estimate of drug-likeness (QED) is 0.643. The number of benzene rings is 1. The summed E-state index contributed by atoms with van der Waals surface area (Å²) in [6.45, 7) is 8.05. The molecule has 0 amide bonds. The molecule has 1 aromatic carbocycles. The minimum Gasteiger partial charge on any atom is -0.475 e. The van der Waals surface area contributed by atoms with Gasteiger partial charge in [0.05, 0.1) is 0 Å². The molecule has 1 aromatic rings. The molecule has 92 valence electrons. The van der Waals surface area contributed by atoms with Crippen molar-refractivity contribution in [1.82, 2.24) is 0 Å². The van der Waals surface area contributed by atoms with Gasteiger partial charge in [0, 0.05) is 5.56 Å². The third-order valence-electron chi connectivity index (χ3n) is 2.80.